The fourth-order valence-electron chi connectivity index (χ4n) is 2.37. The molecule has 0 aromatic carbocycles. The molecule has 20 heavy (non-hydrogen) atoms. The zero-order chi connectivity index (χ0) is 14.5. The molecular weight excluding hydrogens is 250 g/mol. The van der Waals surface area contributed by atoms with Gasteiger partial charge in [0.25, 0.3) is 0 Å². The Hall–Kier alpha value is -1.62. The van der Waals surface area contributed by atoms with Crippen LogP contribution in [0.2, 0.25) is 0 Å². The molecule has 2 heterocycles. The highest BCUT2D eigenvalue weighted by Crippen LogP contribution is 2.12. The molecular formula is C15H25N5. The molecule has 0 fully saturated rings. The first-order valence-electron chi connectivity index (χ1n) is 7.49. The van der Waals surface area contributed by atoms with Crippen LogP contribution in [-0.2, 0) is 19.5 Å². The number of hydrogen-bond donors (Lipinski definition) is 1. The first-order chi connectivity index (χ1) is 9.67. The Bertz CT molecular complexity index is 540. The molecule has 0 aliphatic rings. The Morgan fingerprint density at radius 2 is 2.10 bits per heavy atom. The number of aromatic nitrogens is 4. The van der Waals surface area contributed by atoms with Crippen LogP contribution in [0.4, 0.5) is 0 Å². The number of nitrogens with zero attached hydrogens (tertiary/aromatic N) is 4. The molecule has 0 aliphatic heterocycles. The first kappa shape index (κ1) is 14.8. The minimum absolute atomic E-state index is 0.344. The molecule has 2 aromatic heterocycles. The van der Waals surface area contributed by atoms with Crippen molar-refractivity contribution in [2.75, 3.05) is 6.54 Å². The molecule has 1 N–H and O–H groups in total. The summed E-state index contributed by atoms with van der Waals surface area (Å²) in [7, 11) is 0. The SMILES string of the molecule is CCNC(C)c1cnn(Cc2cc(CC)nn2CC)c1. The summed E-state index contributed by atoms with van der Waals surface area (Å²) in [4.78, 5) is 0. The van der Waals surface area contributed by atoms with E-state index in [1.165, 1.54) is 11.3 Å². The summed E-state index contributed by atoms with van der Waals surface area (Å²) < 4.78 is 4.06. The quantitative estimate of drug-likeness (QED) is 0.844. The molecule has 5 heteroatoms. The Kier molecular flexibility index (Phi) is 4.95. The molecule has 2 rings (SSSR count). The van der Waals surface area contributed by atoms with Gasteiger partial charge in [-0.05, 0) is 32.9 Å². The van der Waals surface area contributed by atoms with Gasteiger partial charge in [0.2, 0.25) is 0 Å². The van der Waals surface area contributed by atoms with Gasteiger partial charge < -0.3 is 5.32 Å². The van der Waals surface area contributed by atoms with Crippen LogP contribution in [0.25, 0.3) is 0 Å². The highest BCUT2D eigenvalue weighted by atomic mass is 15.3. The number of aryl methyl sites for hydroxylation is 2. The van der Waals surface area contributed by atoms with Crippen molar-refractivity contribution in [1.29, 1.82) is 0 Å². The summed E-state index contributed by atoms with van der Waals surface area (Å²) in [5, 5.41) is 12.4. The van der Waals surface area contributed by atoms with Gasteiger partial charge in [0.1, 0.15) is 0 Å². The standard InChI is InChI=1S/C15H25N5/c1-5-14-8-15(20(7-3)18-14)11-19-10-13(9-17-19)12(4)16-6-2/h8-10,12,16H,5-7,11H2,1-4H3. The predicted molar refractivity (Wildman–Crippen MR) is 80.7 cm³/mol. The lowest BCUT2D eigenvalue weighted by molar-refractivity contribution is 0.571. The normalized spacial score (nSPS) is 12.8. The van der Waals surface area contributed by atoms with E-state index in [0.29, 0.717) is 6.04 Å². The average molecular weight is 275 g/mol. The van der Waals surface area contributed by atoms with Gasteiger partial charge in [-0.25, -0.2) is 0 Å². The van der Waals surface area contributed by atoms with Crippen LogP contribution in [0.3, 0.4) is 0 Å². The summed E-state index contributed by atoms with van der Waals surface area (Å²) in [6, 6.07) is 2.52. The molecule has 0 saturated carbocycles. The van der Waals surface area contributed by atoms with Crippen LogP contribution in [0.1, 0.15) is 50.7 Å². The van der Waals surface area contributed by atoms with Gasteiger partial charge >= 0.3 is 0 Å². The molecule has 0 spiro atoms. The second kappa shape index (κ2) is 6.70. The van der Waals surface area contributed by atoms with Crippen molar-refractivity contribution in [1.82, 2.24) is 24.9 Å². The summed E-state index contributed by atoms with van der Waals surface area (Å²) in [5.74, 6) is 0. The van der Waals surface area contributed by atoms with Crippen molar-refractivity contribution in [3.05, 3.63) is 35.4 Å². The van der Waals surface area contributed by atoms with Crippen molar-refractivity contribution in [2.24, 2.45) is 0 Å². The topological polar surface area (TPSA) is 47.7 Å². The summed E-state index contributed by atoms with van der Waals surface area (Å²) in [5.41, 5.74) is 3.59. The van der Waals surface area contributed by atoms with Gasteiger partial charge in [0, 0.05) is 24.3 Å². The highest BCUT2D eigenvalue weighted by Gasteiger charge is 2.10. The van der Waals surface area contributed by atoms with Crippen molar-refractivity contribution >= 4 is 0 Å². The second-order valence-electron chi connectivity index (χ2n) is 5.05. The Labute approximate surface area is 121 Å². The van der Waals surface area contributed by atoms with E-state index in [1.54, 1.807) is 0 Å². The van der Waals surface area contributed by atoms with E-state index in [2.05, 4.69) is 60.2 Å². The minimum atomic E-state index is 0.344. The van der Waals surface area contributed by atoms with E-state index >= 15 is 0 Å². The summed E-state index contributed by atoms with van der Waals surface area (Å²) in [6.45, 7) is 11.2. The van der Waals surface area contributed by atoms with Gasteiger partial charge in [-0.2, -0.15) is 10.2 Å². The van der Waals surface area contributed by atoms with E-state index in [1.807, 2.05) is 10.9 Å². The Balaban J connectivity index is 2.12. The van der Waals surface area contributed by atoms with Gasteiger partial charge in [0.05, 0.1) is 24.1 Å². The average Bonchev–Trinajstić information content (AvgIpc) is 3.06. The van der Waals surface area contributed by atoms with E-state index in [0.717, 1.165) is 31.7 Å². The lowest BCUT2D eigenvalue weighted by Crippen LogP contribution is -2.17. The number of rotatable bonds is 7. The third-order valence-electron chi connectivity index (χ3n) is 3.56. The van der Waals surface area contributed by atoms with Crippen LogP contribution in [0.5, 0.6) is 0 Å². The summed E-state index contributed by atoms with van der Waals surface area (Å²) in [6.07, 6.45) is 5.04. The van der Waals surface area contributed by atoms with Gasteiger partial charge in [-0.3, -0.25) is 9.36 Å². The van der Waals surface area contributed by atoms with E-state index in [4.69, 9.17) is 0 Å². The van der Waals surface area contributed by atoms with Crippen molar-refractivity contribution in [3.63, 3.8) is 0 Å². The van der Waals surface area contributed by atoms with Crippen LogP contribution < -0.4 is 5.32 Å². The molecule has 0 amide bonds. The summed E-state index contributed by atoms with van der Waals surface area (Å²) >= 11 is 0. The molecule has 0 saturated heterocycles. The van der Waals surface area contributed by atoms with Gasteiger partial charge in [-0.15, -0.1) is 0 Å². The maximum Gasteiger partial charge on any atom is 0.0828 e. The Morgan fingerprint density at radius 1 is 1.30 bits per heavy atom. The second-order valence-corrected chi connectivity index (χ2v) is 5.05. The van der Waals surface area contributed by atoms with Gasteiger partial charge in [0.15, 0.2) is 0 Å². The zero-order valence-electron chi connectivity index (χ0n) is 12.9. The van der Waals surface area contributed by atoms with Crippen molar-refractivity contribution < 1.29 is 0 Å². The largest absolute Gasteiger partial charge is 0.310 e. The Morgan fingerprint density at radius 3 is 2.75 bits per heavy atom. The molecule has 5 nitrogen and oxygen atoms in total. The minimum Gasteiger partial charge on any atom is -0.310 e. The van der Waals surface area contributed by atoms with E-state index in [9.17, 15) is 0 Å². The van der Waals surface area contributed by atoms with Crippen LogP contribution in [-0.4, -0.2) is 26.1 Å². The first-order valence-corrected chi connectivity index (χ1v) is 7.49. The van der Waals surface area contributed by atoms with E-state index < -0.39 is 0 Å². The molecule has 110 valence electrons. The molecule has 0 radical (unpaired) electrons. The zero-order valence-corrected chi connectivity index (χ0v) is 12.9. The van der Waals surface area contributed by atoms with Gasteiger partial charge in [-0.1, -0.05) is 13.8 Å². The van der Waals surface area contributed by atoms with Crippen molar-refractivity contribution in [3.8, 4) is 0 Å². The lowest BCUT2D eigenvalue weighted by Gasteiger charge is -2.09. The third kappa shape index (κ3) is 3.28. The molecule has 0 aliphatic carbocycles. The van der Waals surface area contributed by atoms with Crippen LogP contribution in [0, 0.1) is 0 Å². The molecule has 0 bridgehead atoms. The number of hydrogen-bond acceptors (Lipinski definition) is 3. The molecule has 1 atom stereocenters. The fourth-order valence-corrected chi connectivity index (χ4v) is 2.37. The van der Waals surface area contributed by atoms with Crippen molar-refractivity contribution in [2.45, 2.75) is 53.2 Å². The maximum absolute atomic E-state index is 4.58. The fraction of sp³-hybridized carbons (Fsp3) is 0.600. The highest BCUT2D eigenvalue weighted by molar-refractivity contribution is 5.13. The monoisotopic (exact) mass is 275 g/mol. The lowest BCUT2D eigenvalue weighted by atomic mass is 10.2. The maximum atomic E-state index is 4.58. The van der Waals surface area contributed by atoms with Crippen LogP contribution in [0.15, 0.2) is 18.5 Å². The van der Waals surface area contributed by atoms with E-state index in [-0.39, 0.29) is 0 Å². The predicted octanol–water partition coefficient (Wildman–Crippen LogP) is 2.38. The smallest absolute Gasteiger partial charge is 0.0828 e. The molecule has 1 unspecified atom stereocenters. The third-order valence-corrected chi connectivity index (χ3v) is 3.56. The van der Waals surface area contributed by atoms with Crippen LogP contribution >= 0.6 is 0 Å². The number of nitrogens with one attached hydrogen (secondary N) is 1. The molecule has 2 aromatic rings.